The fraction of sp³-hybridized carbons (Fsp3) is 0.531. The molecule has 222 valence electrons. The number of aryl methyl sites for hydroxylation is 1. The van der Waals surface area contributed by atoms with Crippen molar-refractivity contribution < 1.29 is 19.1 Å². The lowest BCUT2D eigenvalue weighted by Crippen LogP contribution is -2.63. The van der Waals surface area contributed by atoms with Gasteiger partial charge in [0.15, 0.2) is 0 Å². The first-order valence-corrected chi connectivity index (χ1v) is 15.2. The van der Waals surface area contributed by atoms with Gasteiger partial charge in [-0.2, -0.15) is 0 Å². The third-order valence-corrected chi connectivity index (χ3v) is 8.11. The monoisotopic (exact) mass is 582 g/mol. The van der Waals surface area contributed by atoms with Crippen LogP contribution in [0.25, 0.3) is 0 Å². The van der Waals surface area contributed by atoms with Gasteiger partial charge in [0, 0.05) is 24.5 Å². The van der Waals surface area contributed by atoms with Gasteiger partial charge < -0.3 is 26.0 Å². The topological polar surface area (TPSA) is 109 Å². The van der Waals surface area contributed by atoms with Gasteiger partial charge in [-0.1, -0.05) is 68.6 Å². The molecule has 0 aromatic heterocycles. The zero-order chi connectivity index (χ0) is 29.2. The predicted octanol–water partition coefficient (Wildman–Crippen LogP) is 3.94. The molecule has 0 bridgehead atoms. The highest BCUT2D eigenvalue weighted by molar-refractivity contribution is 6.30. The van der Waals surface area contributed by atoms with E-state index in [9.17, 15) is 14.4 Å². The van der Waals surface area contributed by atoms with E-state index >= 15 is 0 Å². The molecule has 2 aromatic carbocycles. The average molecular weight is 583 g/mol. The Kier molecular flexibility index (Phi) is 11.1. The molecule has 2 atom stereocenters. The van der Waals surface area contributed by atoms with Gasteiger partial charge in [-0.3, -0.25) is 14.4 Å². The summed E-state index contributed by atoms with van der Waals surface area (Å²) >= 11 is 6.21. The van der Waals surface area contributed by atoms with Gasteiger partial charge in [-0.15, -0.1) is 0 Å². The highest BCUT2D eigenvalue weighted by Crippen LogP contribution is 2.31. The molecule has 4 N–H and O–H groups in total. The minimum absolute atomic E-state index is 0.201. The molecule has 3 amide bonds. The van der Waals surface area contributed by atoms with Crippen LogP contribution in [0.4, 0.5) is 0 Å². The van der Waals surface area contributed by atoms with Crippen LogP contribution in [0.15, 0.2) is 48.5 Å². The Morgan fingerprint density at radius 2 is 1.73 bits per heavy atom. The van der Waals surface area contributed by atoms with Crippen LogP contribution in [-0.4, -0.2) is 55.0 Å². The van der Waals surface area contributed by atoms with E-state index in [2.05, 4.69) is 35.1 Å². The van der Waals surface area contributed by atoms with Gasteiger partial charge in [-0.05, 0) is 67.3 Å². The molecule has 41 heavy (non-hydrogen) atoms. The van der Waals surface area contributed by atoms with Gasteiger partial charge >= 0.3 is 0 Å². The van der Waals surface area contributed by atoms with E-state index in [4.69, 9.17) is 16.3 Å². The zero-order valence-electron chi connectivity index (χ0n) is 24.1. The smallest absolute Gasteiger partial charge is 0.246 e. The Labute approximate surface area is 248 Å². The number of para-hydroxylation sites is 1. The second kappa shape index (κ2) is 14.7. The lowest BCUT2D eigenvalue weighted by atomic mass is 9.93. The summed E-state index contributed by atoms with van der Waals surface area (Å²) in [7, 11) is 0. The summed E-state index contributed by atoms with van der Waals surface area (Å²) in [6.07, 6.45) is 5.09. The van der Waals surface area contributed by atoms with Gasteiger partial charge in [-0.25, -0.2) is 0 Å². The number of rotatable bonds is 4. The van der Waals surface area contributed by atoms with E-state index in [1.165, 1.54) is 0 Å². The maximum atomic E-state index is 13.9. The minimum Gasteiger partial charge on any atom is -0.492 e. The molecule has 0 radical (unpaired) electrons. The number of nitrogens with one attached hydrogen (secondary N) is 4. The van der Waals surface area contributed by atoms with Crippen LogP contribution in [0.3, 0.4) is 0 Å². The number of carbonyl (C=O) groups is 3. The number of hydrogen-bond acceptors (Lipinski definition) is 5. The standard InChI is InChI=1S/C32H43ClN4O4/c1-22(2)19-26-30(39)37-32(14-5-6-15-32)31(40)36-27(21-23-9-7-12-25(33)20-23)29(38)35-16-8-11-24-10-3-4-13-28(24)41-18-17-34-26/h3-4,7,9-10,12-13,20,22,26-27,34H,5-6,8,11,14-19,21H2,1-2H3,(H,35,38)(H,36,40)(H,37,39)/t26-,27-/m0/s1. The van der Waals surface area contributed by atoms with Crippen molar-refractivity contribution in [2.75, 3.05) is 19.7 Å². The summed E-state index contributed by atoms with van der Waals surface area (Å²) in [5.41, 5.74) is 0.852. The molecule has 0 saturated heterocycles. The SMILES string of the molecule is CC(C)C[C@@H]1NCCOc2ccccc2CCCNC(=O)[C@H](Cc2cccc(Cl)c2)NC(=O)C2(CCCC2)NC1=O. The molecule has 1 heterocycles. The van der Waals surface area contributed by atoms with Crippen LogP contribution >= 0.6 is 11.6 Å². The number of benzene rings is 2. The molecule has 9 heteroatoms. The van der Waals surface area contributed by atoms with E-state index in [0.717, 1.165) is 42.6 Å². The molecular weight excluding hydrogens is 540 g/mol. The summed E-state index contributed by atoms with van der Waals surface area (Å²) in [4.78, 5) is 41.0. The average Bonchev–Trinajstić information content (AvgIpc) is 3.42. The molecule has 1 saturated carbocycles. The van der Waals surface area contributed by atoms with Crippen LogP contribution in [0.2, 0.25) is 5.02 Å². The Bertz CT molecular complexity index is 1200. The van der Waals surface area contributed by atoms with Crippen molar-refractivity contribution in [3.8, 4) is 5.75 Å². The largest absolute Gasteiger partial charge is 0.492 e. The van der Waals surface area contributed by atoms with Crippen molar-refractivity contribution in [2.24, 2.45) is 5.92 Å². The molecule has 2 aliphatic rings. The molecule has 1 fully saturated rings. The van der Waals surface area contributed by atoms with Crippen LogP contribution in [0.1, 0.15) is 63.5 Å². The van der Waals surface area contributed by atoms with Crippen molar-refractivity contribution >= 4 is 29.3 Å². The second-order valence-corrected chi connectivity index (χ2v) is 12.1. The van der Waals surface area contributed by atoms with E-state index in [0.29, 0.717) is 44.0 Å². The lowest BCUT2D eigenvalue weighted by molar-refractivity contribution is -0.136. The summed E-state index contributed by atoms with van der Waals surface area (Å²) in [6.45, 7) is 5.51. The van der Waals surface area contributed by atoms with E-state index in [1.54, 1.807) is 12.1 Å². The molecule has 4 rings (SSSR count). The maximum Gasteiger partial charge on any atom is 0.246 e. The highest BCUT2D eigenvalue weighted by atomic mass is 35.5. The molecule has 2 aromatic rings. The van der Waals surface area contributed by atoms with Gasteiger partial charge in [0.05, 0.1) is 6.04 Å². The number of carbonyl (C=O) groups excluding carboxylic acids is 3. The Balaban J connectivity index is 1.60. The molecule has 0 unspecified atom stereocenters. The quantitative estimate of drug-likeness (QED) is 0.437. The molecule has 1 aliphatic heterocycles. The first kappa shape index (κ1) is 30.8. The normalized spacial score (nSPS) is 22.6. The van der Waals surface area contributed by atoms with Gasteiger partial charge in [0.25, 0.3) is 0 Å². The zero-order valence-corrected chi connectivity index (χ0v) is 24.9. The van der Waals surface area contributed by atoms with E-state index in [-0.39, 0.29) is 30.1 Å². The Morgan fingerprint density at radius 3 is 2.49 bits per heavy atom. The van der Waals surface area contributed by atoms with E-state index < -0.39 is 17.6 Å². The maximum absolute atomic E-state index is 13.9. The molecule has 1 spiro atoms. The molecule has 8 nitrogen and oxygen atoms in total. The fourth-order valence-corrected chi connectivity index (χ4v) is 5.94. The predicted molar refractivity (Wildman–Crippen MR) is 161 cm³/mol. The van der Waals surface area contributed by atoms with Crippen molar-refractivity contribution in [2.45, 2.75) is 82.8 Å². The van der Waals surface area contributed by atoms with Crippen molar-refractivity contribution in [1.82, 2.24) is 21.3 Å². The number of halogens is 1. The number of fused-ring (bicyclic) bond motifs is 1. The molecular formula is C32H43ClN4O4. The summed E-state index contributed by atoms with van der Waals surface area (Å²) in [5, 5.41) is 13.1. The van der Waals surface area contributed by atoms with Crippen molar-refractivity contribution in [1.29, 1.82) is 0 Å². The molecule has 1 aliphatic carbocycles. The van der Waals surface area contributed by atoms with Crippen LogP contribution < -0.4 is 26.0 Å². The van der Waals surface area contributed by atoms with Gasteiger partial charge in [0.1, 0.15) is 23.9 Å². The first-order chi connectivity index (χ1) is 19.8. The van der Waals surface area contributed by atoms with Crippen molar-refractivity contribution in [3.05, 3.63) is 64.7 Å². The summed E-state index contributed by atoms with van der Waals surface area (Å²) < 4.78 is 6.09. The van der Waals surface area contributed by atoms with Crippen LogP contribution in [0.5, 0.6) is 5.75 Å². The van der Waals surface area contributed by atoms with Crippen molar-refractivity contribution in [3.63, 3.8) is 0 Å². The fourth-order valence-electron chi connectivity index (χ4n) is 5.73. The van der Waals surface area contributed by atoms with Crippen LogP contribution in [-0.2, 0) is 27.2 Å². The number of amides is 3. The van der Waals surface area contributed by atoms with Crippen LogP contribution in [0, 0.1) is 5.92 Å². The summed E-state index contributed by atoms with van der Waals surface area (Å²) in [6, 6.07) is 13.9. The lowest BCUT2D eigenvalue weighted by Gasteiger charge is -2.33. The number of ether oxygens (including phenoxy) is 1. The number of hydrogen-bond donors (Lipinski definition) is 4. The summed E-state index contributed by atoms with van der Waals surface area (Å²) in [5.74, 6) is 0.308. The third kappa shape index (κ3) is 8.69. The minimum atomic E-state index is -1.05. The third-order valence-electron chi connectivity index (χ3n) is 7.87. The second-order valence-electron chi connectivity index (χ2n) is 11.6. The Morgan fingerprint density at radius 1 is 0.951 bits per heavy atom. The Hall–Kier alpha value is -3.10. The van der Waals surface area contributed by atoms with E-state index in [1.807, 2.05) is 36.4 Å². The highest BCUT2D eigenvalue weighted by Gasteiger charge is 2.44. The van der Waals surface area contributed by atoms with Gasteiger partial charge in [0.2, 0.25) is 17.7 Å². The first-order valence-electron chi connectivity index (χ1n) is 14.8.